The number of benzene rings is 7. The molecule has 1 aliphatic heterocycles. The molecule has 1 heterocycles. The van der Waals surface area contributed by atoms with Gasteiger partial charge in [0.15, 0.2) is 5.60 Å². The Bertz CT molecular complexity index is 2720. The fraction of sp³-hybridized carbons (Fsp3) is 0.173. The van der Waals surface area contributed by atoms with Gasteiger partial charge in [0.05, 0.1) is 11.0 Å². The highest BCUT2D eigenvalue weighted by Crippen LogP contribution is 2.56. The quantitative estimate of drug-likeness (QED) is 0.0839. The first-order valence-corrected chi connectivity index (χ1v) is 22.2. The molecule has 0 saturated heterocycles. The van der Waals surface area contributed by atoms with Crippen LogP contribution in [0.3, 0.4) is 0 Å². The molecule has 8 nitrogen and oxygen atoms in total. The number of ether oxygens (including phenoxy) is 1. The zero-order chi connectivity index (χ0) is 44.1. The van der Waals surface area contributed by atoms with Crippen molar-refractivity contribution in [1.82, 2.24) is 0 Å². The van der Waals surface area contributed by atoms with E-state index in [1.165, 1.54) is 18.6 Å². The number of hydrogen-bond acceptors (Lipinski definition) is 9. The van der Waals surface area contributed by atoms with E-state index in [0.29, 0.717) is 28.0 Å². The molecule has 1 unspecified atom stereocenters. The van der Waals surface area contributed by atoms with Crippen molar-refractivity contribution >= 4 is 29.3 Å². The summed E-state index contributed by atoms with van der Waals surface area (Å²) in [5, 5.41) is 10.2. The topological polar surface area (TPSA) is 108 Å². The highest BCUT2D eigenvalue weighted by molar-refractivity contribution is 7.82. The highest BCUT2D eigenvalue weighted by atomic mass is 32.3. The summed E-state index contributed by atoms with van der Waals surface area (Å²) in [5.41, 5.74) is 6.39. The first-order valence-electron chi connectivity index (χ1n) is 20.5. The fourth-order valence-corrected chi connectivity index (χ4v) is 8.91. The molecular formula is C52H48O8S2. The summed E-state index contributed by atoms with van der Waals surface area (Å²) in [6, 6.07) is 50.9. The van der Waals surface area contributed by atoms with E-state index in [1.807, 2.05) is 60.7 Å². The Kier molecular flexibility index (Phi) is 12.8. The molecule has 1 N–H and O–H groups in total. The molecule has 7 aromatic carbocycles. The van der Waals surface area contributed by atoms with Crippen LogP contribution < -0.4 is 12.5 Å². The van der Waals surface area contributed by atoms with Gasteiger partial charge < -0.3 is 22.4 Å². The zero-order valence-electron chi connectivity index (χ0n) is 35.1. The average Bonchev–Trinajstić information content (AvgIpc) is 3.74. The lowest BCUT2D eigenvalue weighted by Crippen LogP contribution is -2.29. The molecule has 62 heavy (non-hydrogen) atoms. The molecule has 0 amide bonds. The SMILES string of the molecule is CC(C)C.CCC.O=C1OC(c2ccc(OS)cc2)(c2ccc(OS(=O)(=O)Oc3ccc(C4(c5ccc(O)cc5)c5ccccc5-c5ccccc54)cc3)cc2)c2ccccc21. The molecule has 1 atom stereocenters. The second kappa shape index (κ2) is 18.2. The lowest BCUT2D eigenvalue weighted by atomic mass is 9.68. The number of rotatable bonds is 9. The number of fused-ring (bicyclic) bond motifs is 4. The van der Waals surface area contributed by atoms with Gasteiger partial charge in [0.1, 0.15) is 23.0 Å². The Morgan fingerprint density at radius 1 is 0.548 bits per heavy atom. The molecule has 0 bridgehead atoms. The number of aromatic hydroxyl groups is 1. The van der Waals surface area contributed by atoms with Crippen molar-refractivity contribution in [2.45, 2.75) is 52.1 Å². The normalized spacial score (nSPS) is 15.4. The van der Waals surface area contributed by atoms with E-state index in [-0.39, 0.29) is 17.2 Å². The standard InChI is InChI=1S/C45H30O8S2.C4H10.C3H8/c46-33-21-13-29(14-22-33)44(40-10-4-1-7-37(40)38-8-2-5-11-41(38)44)30-15-25-35(26-16-30)52-55(48,49)53-36-27-19-32(20-28-36)45(31-17-23-34(51-54)24-18-31)42-12-6-3-9-39(42)43(47)50-45;1-4(2)3;1-3-2/h1-28,46,54H;4H,1-3H3;3H2,1-2H3. The lowest BCUT2D eigenvalue weighted by molar-refractivity contribution is 0.0251. The highest BCUT2D eigenvalue weighted by Gasteiger charge is 2.49. The predicted molar refractivity (Wildman–Crippen MR) is 246 cm³/mol. The van der Waals surface area contributed by atoms with Crippen LogP contribution in [0.25, 0.3) is 11.1 Å². The molecule has 9 rings (SSSR count). The van der Waals surface area contributed by atoms with E-state index >= 15 is 0 Å². The number of carbonyl (C=O) groups is 1. The number of phenols is 1. The smallest absolute Gasteiger partial charge is 0.500 e. The molecule has 7 aromatic rings. The van der Waals surface area contributed by atoms with Crippen molar-refractivity contribution in [2.75, 3.05) is 0 Å². The van der Waals surface area contributed by atoms with Crippen LogP contribution >= 0.6 is 12.9 Å². The minimum Gasteiger partial charge on any atom is -0.508 e. The van der Waals surface area contributed by atoms with Crippen LogP contribution in [-0.4, -0.2) is 19.5 Å². The summed E-state index contributed by atoms with van der Waals surface area (Å²) < 4.78 is 48.6. The molecule has 0 fully saturated rings. The predicted octanol–water partition coefficient (Wildman–Crippen LogP) is 12.2. The van der Waals surface area contributed by atoms with Gasteiger partial charge in [-0.1, -0.05) is 156 Å². The van der Waals surface area contributed by atoms with Crippen molar-refractivity contribution in [3.63, 3.8) is 0 Å². The summed E-state index contributed by atoms with van der Waals surface area (Å²) in [6.45, 7) is 10.8. The van der Waals surface area contributed by atoms with Crippen LogP contribution in [0.2, 0.25) is 0 Å². The van der Waals surface area contributed by atoms with Crippen molar-refractivity contribution in [3.8, 4) is 34.1 Å². The minimum atomic E-state index is -4.59. The van der Waals surface area contributed by atoms with Crippen molar-refractivity contribution in [1.29, 1.82) is 0 Å². The summed E-state index contributed by atoms with van der Waals surface area (Å²) >= 11 is 3.88. The summed E-state index contributed by atoms with van der Waals surface area (Å²) in [7, 11) is -4.59. The van der Waals surface area contributed by atoms with Gasteiger partial charge in [-0.2, -0.15) is 0 Å². The van der Waals surface area contributed by atoms with Gasteiger partial charge in [-0.3, -0.25) is 0 Å². The van der Waals surface area contributed by atoms with Gasteiger partial charge in [0.2, 0.25) is 0 Å². The number of cyclic esters (lactones) is 1. The Hall–Kier alpha value is -6.49. The second-order valence-corrected chi connectivity index (χ2v) is 17.0. The van der Waals surface area contributed by atoms with E-state index in [0.717, 1.165) is 39.3 Å². The van der Waals surface area contributed by atoms with Crippen LogP contribution in [0.4, 0.5) is 0 Å². The third-order valence-corrected chi connectivity index (χ3v) is 11.3. The molecule has 316 valence electrons. The van der Waals surface area contributed by atoms with Gasteiger partial charge in [-0.15, -0.1) is 8.42 Å². The molecule has 0 aromatic heterocycles. The molecule has 2 aliphatic rings. The first-order chi connectivity index (χ1) is 29.9. The molecule has 1 aliphatic carbocycles. The van der Waals surface area contributed by atoms with Gasteiger partial charge in [-0.05, 0) is 93.9 Å². The molecule has 0 radical (unpaired) electrons. The van der Waals surface area contributed by atoms with E-state index < -0.39 is 27.4 Å². The number of hydrogen-bond donors (Lipinski definition) is 2. The van der Waals surface area contributed by atoms with Crippen LogP contribution in [0.1, 0.15) is 90.3 Å². The van der Waals surface area contributed by atoms with E-state index in [1.54, 1.807) is 72.8 Å². The van der Waals surface area contributed by atoms with Crippen molar-refractivity contribution < 1.29 is 35.6 Å². The van der Waals surface area contributed by atoms with Gasteiger partial charge in [0.25, 0.3) is 0 Å². The summed E-state index contributed by atoms with van der Waals surface area (Å²) in [5.74, 6) is 1.07. The third kappa shape index (κ3) is 8.28. The first kappa shape index (κ1) is 43.6. The molecule has 0 spiro atoms. The maximum atomic E-state index is 13.3. The number of phenolic OH excluding ortho intramolecular Hbond substituents is 1. The summed E-state index contributed by atoms with van der Waals surface area (Å²) in [6.07, 6.45) is 1.25. The molecular weight excluding hydrogens is 817 g/mol. The van der Waals surface area contributed by atoms with Crippen molar-refractivity contribution in [2.24, 2.45) is 5.92 Å². The Morgan fingerprint density at radius 2 is 0.903 bits per heavy atom. The number of thiol groups is 1. The molecule has 0 saturated carbocycles. The second-order valence-electron chi connectivity index (χ2n) is 15.7. The van der Waals surface area contributed by atoms with Crippen LogP contribution in [-0.2, 0) is 26.2 Å². The van der Waals surface area contributed by atoms with Gasteiger partial charge in [-0.25, -0.2) is 4.79 Å². The maximum absolute atomic E-state index is 13.3. The third-order valence-electron chi connectivity index (χ3n) is 10.3. The molecule has 10 heteroatoms. The maximum Gasteiger partial charge on any atom is 0.500 e. The Balaban J connectivity index is 0.000000772. The van der Waals surface area contributed by atoms with E-state index in [9.17, 15) is 18.3 Å². The Labute approximate surface area is 369 Å². The van der Waals surface area contributed by atoms with Gasteiger partial charge >= 0.3 is 16.4 Å². The van der Waals surface area contributed by atoms with Crippen LogP contribution in [0, 0.1) is 5.92 Å². The minimum absolute atomic E-state index is 0.00240. The Morgan fingerprint density at radius 3 is 1.34 bits per heavy atom. The fourth-order valence-electron chi connectivity index (χ4n) is 8.06. The van der Waals surface area contributed by atoms with Crippen LogP contribution in [0.15, 0.2) is 170 Å². The van der Waals surface area contributed by atoms with Gasteiger partial charge in [0, 0.05) is 29.6 Å². The van der Waals surface area contributed by atoms with E-state index in [2.05, 4.69) is 71.8 Å². The number of carbonyl (C=O) groups excluding carboxylic acids is 1. The summed E-state index contributed by atoms with van der Waals surface area (Å²) in [4.78, 5) is 13.1. The largest absolute Gasteiger partial charge is 0.508 e. The monoisotopic (exact) mass is 864 g/mol. The lowest BCUT2D eigenvalue weighted by Gasteiger charge is -2.34. The van der Waals surface area contributed by atoms with Crippen LogP contribution in [0.5, 0.6) is 23.0 Å². The average molecular weight is 865 g/mol. The van der Waals surface area contributed by atoms with E-state index in [4.69, 9.17) is 17.3 Å². The zero-order valence-corrected chi connectivity index (χ0v) is 36.8. The number of esters is 1. The van der Waals surface area contributed by atoms with Crippen molar-refractivity contribution in [3.05, 3.63) is 214 Å².